The van der Waals surface area contributed by atoms with Crippen molar-refractivity contribution in [2.45, 2.75) is 13.1 Å². The Labute approximate surface area is 126 Å². The Hall–Kier alpha value is -1.69. The molecule has 3 rings (SSSR count). The number of piperazine rings is 1. The van der Waals surface area contributed by atoms with Gasteiger partial charge < -0.3 is 4.90 Å². The predicted molar refractivity (Wildman–Crippen MR) is 83.7 cm³/mol. The van der Waals surface area contributed by atoms with Crippen LogP contribution in [0.5, 0.6) is 0 Å². The van der Waals surface area contributed by atoms with Gasteiger partial charge in [-0.15, -0.1) is 0 Å². The number of hydrazine groups is 1. The van der Waals surface area contributed by atoms with Crippen molar-refractivity contribution in [2.24, 2.45) is 0 Å². The summed E-state index contributed by atoms with van der Waals surface area (Å²) in [5, 5.41) is 6.74. The molecule has 0 radical (unpaired) electrons. The van der Waals surface area contributed by atoms with Crippen molar-refractivity contribution in [1.82, 2.24) is 25.1 Å². The molecule has 1 aromatic heterocycles. The van der Waals surface area contributed by atoms with Crippen LogP contribution >= 0.6 is 0 Å². The molecule has 2 heterocycles. The molecule has 112 valence electrons. The van der Waals surface area contributed by atoms with Crippen LogP contribution in [0.25, 0.3) is 0 Å². The fourth-order valence-electron chi connectivity index (χ4n) is 2.52. The first-order valence-electron chi connectivity index (χ1n) is 7.52. The molecule has 0 saturated carbocycles. The van der Waals surface area contributed by atoms with Crippen molar-refractivity contribution in [3.63, 3.8) is 0 Å². The maximum Gasteiger partial charge on any atom is 0.0659 e. The number of nitrogens with zero attached hydrogens (tertiary/aromatic N) is 4. The van der Waals surface area contributed by atoms with Crippen LogP contribution in [0.4, 0.5) is 0 Å². The van der Waals surface area contributed by atoms with Gasteiger partial charge in [0.2, 0.25) is 0 Å². The van der Waals surface area contributed by atoms with E-state index >= 15 is 0 Å². The highest BCUT2D eigenvalue weighted by Crippen LogP contribution is 2.04. The van der Waals surface area contributed by atoms with Gasteiger partial charge in [0, 0.05) is 44.5 Å². The third-order valence-corrected chi connectivity index (χ3v) is 3.88. The fraction of sp³-hybridized carbons (Fsp3) is 0.438. The molecule has 1 aliphatic rings. The Kier molecular flexibility index (Phi) is 4.65. The quantitative estimate of drug-likeness (QED) is 0.895. The Balaban J connectivity index is 1.49. The second-order valence-electron chi connectivity index (χ2n) is 5.66. The van der Waals surface area contributed by atoms with E-state index in [1.54, 1.807) is 0 Å². The fourth-order valence-corrected chi connectivity index (χ4v) is 2.52. The molecular formula is C16H23N5. The van der Waals surface area contributed by atoms with Crippen LogP contribution in [0.2, 0.25) is 0 Å². The summed E-state index contributed by atoms with van der Waals surface area (Å²) in [5.74, 6) is 0. The van der Waals surface area contributed by atoms with Crippen molar-refractivity contribution in [1.29, 1.82) is 0 Å². The van der Waals surface area contributed by atoms with E-state index in [1.807, 2.05) is 16.9 Å². The molecule has 1 saturated heterocycles. The van der Waals surface area contributed by atoms with Crippen molar-refractivity contribution >= 4 is 0 Å². The molecule has 5 nitrogen and oxygen atoms in total. The van der Waals surface area contributed by atoms with E-state index < -0.39 is 0 Å². The Bertz CT molecular complexity index is 543. The highest BCUT2D eigenvalue weighted by atomic mass is 15.5. The highest BCUT2D eigenvalue weighted by molar-refractivity contribution is 5.15. The van der Waals surface area contributed by atoms with Gasteiger partial charge in [-0.1, -0.05) is 30.3 Å². The lowest BCUT2D eigenvalue weighted by atomic mass is 10.2. The second-order valence-corrected chi connectivity index (χ2v) is 5.66. The van der Waals surface area contributed by atoms with Gasteiger partial charge in [-0.2, -0.15) is 5.10 Å². The molecule has 0 amide bonds. The van der Waals surface area contributed by atoms with E-state index in [-0.39, 0.29) is 0 Å². The molecule has 0 spiro atoms. The number of aromatic nitrogens is 2. The van der Waals surface area contributed by atoms with Crippen molar-refractivity contribution in [3.8, 4) is 0 Å². The highest BCUT2D eigenvalue weighted by Gasteiger charge is 2.13. The lowest BCUT2D eigenvalue weighted by Gasteiger charge is -2.32. The van der Waals surface area contributed by atoms with Crippen LogP contribution < -0.4 is 5.43 Å². The summed E-state index contributed by atoms with van der Waals surface area (Å²) in [6.07, 6.45) is 4.07. The van der Waals surface area contributed by atoms with Crippen LogP contribution in [-0.2, 0) is 13.1 Å². The molecule has 1 N–H and O–H groups in total. The molecule has 0 atom stereocenters. The number of benzene rings is 1. The number of nitrogens with one attached hydrogen (secondary N) is 1. The van der Waals surface area contributed by atoms with Gasteiger partial charge in [0.15, 0.2) is 0 Å². The predicted octanol–water partition coefficient (Wildman–Crippen LogP) is 1.18. The maximum absolute atomic E-state index is 4.44. The molecule has 0 unspecified atom stereocenters. The van der Waals surface area contributed by atoms with Gasteiger partial charge in [-0.3, -0.25) is 10.1 Å². The first-order valence-corrected chi connectivity index (χ1v) is 7.52. The minimum absolute atomic E-state index is 0.829. The Morgan fingerprint density at radius 2 is 1.81 bits per heavy atom. The van der Waals surface area contributed by atoms with Crippen molar-refractivity contribution in [2.75, 3.05) is 33.2 Å². The van der Waals surface area contributed by atoms with Gasteiger partial charge in [-0.25, -0.2) is 5.01 Å². The maximum atomic E-state index is 4.44. The van der Waals surface area contributed by atoms with Crippen LogP contribution in [0.15, 0.2) is 42.7 Å². The zero-order valence-corrected chi connectivity index (χ0v) is 12.6. The minimum atomic E-state index is 0.829. The normalized spacial score (nSPS) is 17.2. The number of hydrogen-bond acceptors (Lipinski definition) is 4. The average molecular weight is 285 g/mol. The Morgan fingerprint density at radius 1 is 1.05 bits per heavy atom. The molecule has 0 aliphatic carbocycles. The van der Waals surface area contributed by atoms with E-state index in [0.717, 1.165) is 39.3 Å². The number of likely N-dealkylation sites (N-methyl/N-ethyl adjacent to an activating group) is 1. The molecule has 0 bridgehead atoms. The minimum Gasteiger partial charge on any atom is -0.304 e. The largest absolute Gasteiger partial charge is 0.304 e. The summed E-state index contributed by atoms with van der Waals surface area (Å²) >= 11 is 0. The summed E-state index contributed by atoms with van der Waals surface area (Å²) in [5.41, 5.74) is 5.99. The van der Waals surface area contributed by atoms with Crippen molar-refractivity contribution in [3.05, 3.63) is 53.9 Å². The van der Waals surface area contributed by atoms with Crippen molar-refractivity contribution < 1.29 is 0 Å². The van der Waals surface area contributed by atoms with E-state index in [2.05, 4.69) is 57.9 Å². The summed E-state index contributed by atoms with van der Waals surface area (Å²) in [6, 6.07) is 10.4. The number of rotatable bonds is 5. The molecular weight excluding hydrogens is 262 g/mol. The molecule has 1 fully saturated rings. The summed E-state index contributed by atoms with van der Waals surface area (Å²) in [6.45, 7) is 6.08. The van der Waals surface area contributed by atoms with E-state index in [4.69, 9.17) is 0 Å². The summed E-state index contributed by atoms with van der Waals surface area (Å²) in [4.78, 5) is 2.36. The number of hydrogen-bond donors (Lipinski definition) is 1. The second kappa shape index (κ2) is 6.85. The lowest BCUT2D eigenvalue weighted by Crippen LogP contribution is -2.50. The summed E-state index contributed by atoms with van der Waals surface area (Å²) in [7, 11) is 2.17. The first-order chi connectivity index (χ1) is 10.3. The smallest absolute Gasteiger partial charge is 0.0659 e. The lowest BCUT2D eigenvalue weighted by molar-refractivity contribution is 0.102. The zero-order chi connectivity index (χ0) is 14.5. The van der Waals surface area contributed by atoms with Gasteiger partial charge in [0.1, 0.15) is 0 Å². The molecule has 1 aromatic carbocycles. The van der Waals surface area contributed by atoms with Gasteiger partial charge in [0.25, 0.3) is 0 Å². The van der Waals surface area contributed by atoms with Crippen LogP contribution in [0.1, 0.15) is 11.1 Å². The average Bonchev–Trinajstić information content (AvgIpc) is 2.95. The van der Waals surface area contributed by atoms with Crippen LogP contribution in [0, 0.1) is 0 Å². The van der Waals surface area contributed by atoms with Gasteiger partial charge >= 0.3 is 0 Å². The first kappa shape index (κ1) is 14.3. The monoisotopic (exact) mass is 285 g/mol. The van der Waals surface area contributed by atoms with Gasteiger partial charge in [0.05, 0.1) is 12.7 Å². The molecule has 21 heavy (non-hydrogen) atoms. The SMILES string of the molecule is CN1CCN(NCc2cnn(Cc3ccccc3)c2)CC1. The van der Waals surface area contributed by atoms with E-state index in [1.165, 1.54) is 11.1 Å². The summed E-state index contributed by atoms with van der Waals surface area (Å²) < 4.78 is 2.00. The van der Waals surface area contributed by atoms with E-state index in [9.17, 15) is 0 Å². The third kappa shape index (κ3) is 4.14. The third-order valence-electron chi connectivity index (χ3n) is 3.88. The topological polar surface area (TPSA) is 36.3 Å². The van der Waals surface area contributed by atoms with Crippen LogP contribution in [0.3, 0.4) is 0 Å². The van der Waals surface area contributed by atoms with Gasteiger partial charge in [-0.05, 0) is 12.6 Å². The van der Waals surface area contributed by atoms with Crippen LogP contribution in [-0.4, -0.2) is 52.9 Å². The Morgan fingerprint density at radius 3 is 2.57 bits per heavy atom. The standard InChI is InChI=1S/C16H23N5/c1-19-7-9-20(10-8-19)17-11-16-12-18-21(14-16)13-15-5-3-2-4-6-15/h2-6,12,14,17H,7-11,13H2,1H3. The van der Waals surface area contributed by atoms with E-state index in [0.29, 0.717) is 0 Å². The molecule has 2 aromatic rings. The zero-order valence-electron chi connectivity index (χ0n) is 12.6. The molecule has 5 heteroatoms. The molecule has 1 aliphatic heterocycles.